The van der Waals surface area contributed by atoms with Crippen molar-refractivity contribution in [3.63, 3.8) is 0 Å². The topological polar surface area (TPSA) is 29.5 Å². The van der Waals surface area contributed by atoms with Crippen LogP contribution in [0.5, 0.6) is 5.75 Å². The van der Waals surface area contributed by atoms with Gasteiger partial charge in [0.05, 0.1) is 5.02 Å². The van der Waals surface area contributed by atoms with Crippen LogP contribution in [-0.2, 0) is 11.3 Å². The van der Waals surface area contributed by atoms with Crippen molar-refractivity contribution in [2.75, 3.05) is 13.7 Å². The number of nitrogens with zero attached hydrogens (tertiary/aromatic N) is 1. The predicted octanol–water partition coefficient (Wildman–Crippen LogP) is 4.03. The summed E-state index contributed by atoms with van der Waals surface area (Å²) in [6.45, 7) is 0.370. The van der Waals surface area contributed by atoms with Gasteiger partial charge in [-0.2, -0.15) is 0 Å². The van der Waals surface area contributed by atoms with Crippen molar-refractivity contribution in [1.29, 1.82) is 0 Å². The first kappa shape index (κ1) is 15.7. The first-order chi connectivity index (χ1) is 10.1. The number of benzene rings is 2. The molecule has 0 saturated heterocycles. The fourth-order valence-electron chi connectivity index (χ4n) is 1.78. The van der Waals surface area contributed by atoms with Crippen molar-refractivity contribution >= 4 is 29.1 Å². The van der Waals surface area contributed by atoms with Crippen LogP contribution in [0.3, 0.4) is 0 Å². The molecule has 1 amide bonds. The number of carbonyl (C=O) groups excluding carboxylic acids is 1. The van der Waals surface area contributed by atoms with Crippen LogP contribution in [0.4, 0.5) is 0 Å². The molecule has 0 aliphatic carbocycles. The van der Waals surface area contributed by atoms with E-state index in [0.29, 0.717) is 22.3 Å². The van der Waals surface area contributed by atoms with E-state index in [1.165, 1.54) is 0 Å². The molecule has 2 aromatic rings. The molecule has 0 atom stereocenters. The number of para-hydroxylation sites is 1. The van der Waals surface area contributed by atoms with Crippen molar-refractivity contribution in [2.45, 2.75) is 6.54 Å². The van der Waals surface area contributed by atoms with Gasteiger partial charge in [0.2, 0.25) is 0 Å². The molecule has 0 aliphatic rings. The summed E-state index contributed by atoms with van der Waals surface area (Å²) in [5.41, 5.74) is 0.896. The first-order valence-corrected chi connectivity index (χ1v) is 7.18. The van der Waals surface area contributed by atoms with E-state index in [0.717, 1.165) is 5.56 Å². The standard InChI is InChI=1S/C16H15Cl2NO2/c1-19(10-12-6-2-3-7-13(12)17)16(20)11-21-15-9-5-4-8-14(15)18/h2-9H,10-11H2,1H3. The largest absolute Gasteiger partial charge is 0.482 e. The third-order valence-corrected chi connectivity index (χ3v) is 3.66. The fraction of sp³-hybridized carbons (Fsp3) is 0.188. The summed E-state index contributed by atoms with van der Waals surface area (Å²) in [6, 6.07) is 14.5. The van der Waals surface area contributed by atoms with Crippen molar-refractivity contribution < 1.29 is 9.53 Å². The monoisotopic (exact) mass is 323 g/mol. The molecule has 0 unspecified atom stereocenters. The Balaban J connectivity index is 1.91. The van der Waals surface area contributed by atoms with Crippen LogP contribution in [0.2, 0.25) is 10.0 Å². The lowest BCUT2D eigenvalue weighted by molar-refractivity contribution is -0.132. The van der Waals surface area contributed by atoms with E-state index in [2.05, 4.69) is 0 Å². The molecule has 110 valence electrons. The number of amides is 1. The number of hydrogen-bond donors (Lipinski definition) is 0. The Labute approximate surface area is 134 Å². The highest BCUT2D eigenvalue weighted by Gasteiger charge is 2.12. The van der Waals surface area contributed by atoms with Gasteiger partial charge < -0.3 is 9.64 Å². The minimum absolute atomic E-state index is 0.0648. The normalized spacial score (nSPS) is 10.2. The number of carbonyl (C=O) groups is 1. The second-order valence-electron chi connectivity index (χ2n) is 4.56. The van der Waals surface area contributed by atoms with Crippen LogP contribution in [0.25, 0.3) is 0 Å². The zero-order chi connectivity index (χ0) is 15.2. The molecule has 0 N–H and O–H groups in total. The molecule has 0 heterocycles. The Morgan fingerprint density at radius 1 is 1.05 bits per heavy atom. The first-order valence-electron chi connectivity index (χ1n) is 6.42. The van der Waals surface area contributed by atoms with Crippen LogP contribution in [0.1, 0.15) is 5.56 Å². The summed E-state index contributed by atoms with van der Waals surface area (Å²) in [5.74, 6) is 0.355. The number of likely N-dealkylation sites (N-methyl/N-ethyl adjacent to an activating group) is 1. The third kappa shape index (κ3) is 4.38. The molecule has 0 radical (unpaired) electrons. The lowest BCUT2D eigenvalue weighted by atomic mass is 10.2. The molecule has 2 aromatic carbocycles. The molecule has 0 saturated carbocycles. The molecule has 0 aliphatic heterocycles. The Morgan fingerprint density at radius 3 is 2.33 bits per heavy atom. The molecule has 21 heavy (non-hydrogen) atoms. The van der Waals surface area contributed by atoms with E-state index in [4.69, 9.17) is 27.9 Å². The van der Waals surface area contributed by atoms with Gasteiger partial charge in [-0.3, -0.25) is 4.79 Å². The van der Waals surface area contributed by atoms with E-state index >= 15 is 0 Å². The number of ether oxygens (including phenoxy) is 1. The highest BCUT2D eigenvalue weighted by Crippen LogP contribution is 2.23. The molecule has 0 fully saturated rings. The van der Waals surface area contributed by atoms with Crippen molar-refractivity contribution in [2.24, 2.45) is 0 Å². The second-order valence-corrected chi connectivity index (χ2v) is 5.37. The van der Waals surface area contributed by atoms with Crippen LogP contribution in [-0.4, -0.2) is 24.5 Å². The van der Waals surface area contributed by atoms with Crippen LogP contribution in [0, 0.1) is 0 Å². The lowest BCUT2D eigenvalue weighted by Gasteiger charge is -2.18. The van der Waals surface area contributed by atoms with Gasteiger partial charge in [-0.25, -0.2) is 0 Å². The van der Waals surface area contributed by atoms with Gasteiger partial charge in [0.15, 0.2) is 6.61 Å². The van der Waals surface area contributed by atoms with E-state index in [9.17, 15) is 4.79 Å². The zero-order valence-electron chi connectivity index (χ0n) is 11.6. The van der Waals surface area contributed by atoms with Gasteiger partial charge in [-0.1, -0.05) is 53.5 Å². The third-order valence-electron chi connectivity index (χ3n) is 2.98. The number of halogens is 2. The summed E-state index contributed by atoms with van der Waals surface area (Å²) in [5, 5.41) is 1.13. The van der Waals surface area contributed by atoms with Crippen molar-refractivity contribution in [3.8, 4) is 5.75 Å². The van der Waals surface area contributed by atoms with E-state index in [1.54, 1.807) is 42.3 Å². The summed E-state index contributed by atoms with van der Waals surface area (Å²) in [7, 11) is 1.71. The summed E-state index contributed by atoms with van der Waals surface area (Å²) in [4.78, 5) is 13.6. The van der Waals surface area contributed by atoms with Crippen LogP contribution < -0.4 is 4.74 Å². The smallest absolute Gasteiger partial charge is 0.260 e. The van der Waals surface area contributed by atoms with Gasteiger partial charge in [0.25, 0.3) is 5.91 Å². The van der Waals surface area contributed by atoms with Gasteiger partial charge in [-0.15, -0.1) is 0 Å². The highest BCUT2D eigenvalue weighted by atomic mass is 35.5. The Kier molecular flexibility index (Phi) is 5.48. The Hall–Kier alpha value is -1.71. The van der Waals surface area contributed by atoms with Crippen LogP contribution >= 0.6 is 23.2 Å². The van der Waals surface area contributed by atoms with Crippen molar-refractivity contribution in [1.82, 2.24) is 4.90 Å². The number of rotatable bonds is 5. The quantitative estimate of drug-likeness (QED) is 0.831. The van der Waals surface area contributed by atoms with Crippen molar-refractivity contribution in [3.05, 3.63) is 64.1 Å². The van der Waals surface area contributed by atoms with E-state index < -0.39 is 0 Å². The zero-order valence-corrected chi connectivity index (χ0v) is 13.1. The summed E-state index contributed by atoms with van der Waals surface area (Å²) in [6.07, 6.45) is 0. The van der Waals surface area contributed by atoms with Gasteiger partial charge >= 0.3 is 0 Å². The Morgan fingerprint density at radius 2 is 1.67 bits per heavy atom. The number of hydrogen-bond acceptors (Lipinski definition) is 2. The average Bonchev–Trinajstić information content (AvgIpc) is 2.48. The van der Waals surface area contributed by atoms with Gasteiger partial charge in [0, 0.05) is 18.6 Å². The van der Waals surface area contributed by atoms with Crippen LogP contribution in [0.15, 0.2) is 48.5 Å². The van der Waals surface area contributed by atoms with Gasteiger partial charge in [0.1, 0.15) is 5.75 Å². The molecular weight excluding hydrogens is 309 g/mol. The molecule has 0 spiro atoms. The second kappa shape index (κ2) is 7.34. The minimum atomic E-state index is -0.144. The molecule has 5 heteroatoms. The highest BCUT2D eigenvalue weighted by molar-refractivity contribution is 6.32. The average molecular weight is 324 g/mol. The molecule has 3 nitrogen and oxygen atoms in total. The maximum Gasteiger partial charge on any atom is 0.260 e. The lowest BCUT2D eigenvalue weighted by Crippen LogP contribution is -2.31. The molecular formula is C16H15Cl2NO2. The van der Waals surface area contributed by atoms with E-state index in [1.807, 2.05) is 18.2 Å². The molecule has 0 aromatic heterocycles. The maximum absolute atomic E-state index is 12.1. The van der Waals surface area contributed by atoms with Gasteiger partial charge in [-0.05, 0) is 23.8 Å². The van der Waals surface area contributed by atoms with E-state index in [-0.39, 0.29) is 12.5 Å². The minimum Gasteiger partial charge on any atom is -0.482 e. The predicted molar refractivity (Wildman–Crippen MR) is 84.9 cm³/mol. The maximum atomic E-state index is 12.1. The Bertz CT molecular complexity index is 631. The SMILES string of the molecule is CN(Cc1ccccc1Cl)C(=O)COc1ccccc1Cl. The molecule has 2 rings (SSSR count). The fourth-order valence-corrected chi connectivity index (χ4v) is 2.17. The molecule has 0 bridgehead atoms. The summed E-state index contributed by atoms with van der Waals surface area (Å²) < 4.78 is 5.43. The summed E-state index contributed by atoms with van der Waals surface area (Å²) >= 11 is 12.1.